The summed E-state index contributed by atoms with van der Waals surface area (Å²) in [6, 6.07) is 4.46. The molecule has 0 amide bonds. The number of rotatable bonds is 5. The topological polar surface area (TPSA) is 66.4 Å². The summed E-state index contributed by atoms with van der Waals surface area (Å²) >= 11 is 11.7. The fourth-order valence-electron chi connectivity index (χ4n) is 1.33. The van der Waals surface area contributed by atoms with Crippen molar-refractivity contribution in [1.29, 1.82) is 0 Å². The summed E-state index contributed by atoms with van der Waals surface area (Å²) in [5, 5.41) is 9.34. The molecule has 102 valence electrons. The van der Waals surface area contributed by atoms with Gasteiger partial charge in [-0.25, -0.2) is 13.1 Å². The molecule has 0 saturated carbocycles. The molecule has 7 heteroatoms. The van der Waals surface area contributed by atoms with E-state index in [1.807, 2.05) is 0 Å². The molecule has 0 fully saturated rings. The Labute approximate surface area is 117 Å². The van der Waals surface area contributed by atoms with Crippen molar-refractivity contribution < 1.29 is 13.5 Å². The summed E-state index contributed by atoms with van der Waals surface area (Å²) in [5.41, 5.74) is -0.943. The van der Waals surface area contributed by atoms with Gasteiger partial charge in [-0.3, -0.25) is 0 Å². The smallest absolute Gasteiger partial charge is 0.244 e. The molecule has 4 nitrogen and oxygen atoms in total. The molecule has 1 aromatic carbocycles. The van der Waals surface area contributed by atoms with Gasteiger partial charge in [-0.2, -0.15) is 0 Å². The van der Waals surface area contributed by atoms with Crippen LogP contribution in [0.5, 0.6) is 0 Å². The summed E-state index contributed by atoms with van der Waals surface area (Å²) < 4.78 is 26.9. The van der Waals surface area contributed by atoms with Gasteiger partial charge in [0.2, 0.25) is 10.0 Å². The Morgan fingerprint density at radius 1 is 1.33 bits per heavy atom. The predicted molar refractivity (Wildman–Crippen MR) is 72.6 cm³/mol. The van der Waals surface area contributed by atoms with Crippen molar-refractivity contribution in [2.45, 2.75) is 30.7 Å². The van der Waals surface area contributed by atoms with E-state index >= 15 is 0 Å². The zero-order chi connectivity index (χ0) is 14.0. The number of hydrogen-bond donors (Lipinski definition) is 2. The normalized spacial score (nSPS) is 15.4. The molecule has 1 unspecified atom stereocenters. The molecule has 2 N–H and O–H groups in total. The van der Waals surface area contributed by atoms with Crippen LogP contribution in [-0.2, 0) is 10.0 Å². The lowest BCUT2D eigenvalue weighted by Crippen LogP contribution is -2.48. The average molecular weight is 312 g/mol. The highest BCUT2D eigenvalue weighted by Gasteiger charge is 2.31. The van der Waals surface area contributed by atoms with Gasteiger partial charge in [0, 0.05) is 0 Å². The first-order valence-corrected chi connectivity index (χ1v) is 7.58. The van der Waals surface area contributed by atoms with Crippen molar-refractivity contribution in [2.75, 3.05) is 6.61 Å². The molecule has 0 aliphatic rings. The highest BCUT2D eigenvalue weighted by atomic mass is 35.5. The second-order valence-electron chi connectivity index (χ2n) is 4.23. The van der Waals surface area contributed by atoms with Gasteiger partial charge in [-0.05, 0) is 25.5 Å². The summed E-state index contributed by atoms with van der Waals surface area (Å²) in [4.78, 5) is -0.165. The van der Waals surface area contributed by atoms with Crippen molar-refractivity contribution in [2.24, 2.45) is 0 Å². The predicted octanol–water partition coefficient (Wildman–Crippen LogP) is 2.43. The molecule has 0 aromatic heterocycles. The van der Waals surface area contributed by atoms with E-state index in [0.717, 1.165) is 0 Å². The van der Waals surface area contributed by atoms with Crippen molar-refractivity contribution >= 4 is 33.2 Å². The summed E-state index contributed by atoms with van der Waals surface area (Å²) in [5.74, 6) is 0. The Morgan fingerprint density at radius 3 is 2.22 bits per heavy atom. The third-order valence-electron chi connectivity index (χ3n) is 2.70. The maximum atomic E-state index is 12.2. The van der Waals surface area contributed by atoms with E-state index in [-0.39, 0.29) is 21.5 Å². The number of sulfonamides is 1. The van der Waals surface area contributed by atoms with E-state index in [1.54, 1.807) is 19.9 Å². The number of halogens is 2. The first-order valence-electron chi connectivity index (χ1n) is 5.34. The number of benzene rings is 1. The Hall–Kier alpha value is -0.330. The molecule has 1 rings (SSSR count). The second-order valence-corrected chi connectivity index (χ2v) is 6.66. The van der Waals surface area contributed by atoms with E-state index in [4.69, 9.17) is 23.2 Å². The van der Waals surface area contributed by atoms with Gasteiger partial charge >= 0.3 is 0 Å². The van der Waals surface area contributed by atoms with Crippen LogP contribution in [0, 0.1) is 0 Å². The van der Waals surface area contributed by atoms with Crippen molar-refractivity contribution in [3.8, 4) is 0 Å². The van der Waals surface area contributed by atoms with Crippen LogP contribution < -0.4 is 4.72 Å². The molecule has 0 bridgehead atoms. The zero-order valence-electron chi connectivity index (χ0n) is 10.1. The van der Waals surface area contributed by atoms with Crippen LogP contribution in [0.3, 0.4) is 0 Å². The van der Waals surface area contributed by atoms with Crippen LogP contribution >= 0.6 is 23.2 Å². The maximum Gasteiger partial charge on any atom is 0.244 e. The SMILES string of the molecule is CCC(C)(CO)NS(=O)(=O)c1c(Cl)cccc1Cl. The average Bonchev–Trinajstić information content (AvgIpc) is 2.27. The largest absolute Gasteiger partial charge is 0.394 e. The number of hydrogen-bond acceptors (Lipinski definition) is 3. The van der Waals surface area contributed by atoms with Crippen molar-refractivity contribution in [3.63, 3.8) is 0 Å². The molecule has 0 aliphatic heterocycles. The molecule has 18 heavy (non-hydrogen) atoms. The lowest BCUT2D eigenvalue weighted by atomic mass is 10.0. The lowest BCUT2D eigenvalue weighted by Gasteiger charge is -2.27. The highest BCUT2D eigenvalue weighted by Crippen LogP contribution is 2.29. The van der Waals surface area contributed by atoms with Crippen LogP contribution in [0.25, 0.3) is 0 Å². The first kappa shape index (κ1) is 15.7. The van der Waals surface area contributed by atoms with Gasteiger partial charge in [0.15, 0.2) is 0 Å². The number of aliphatic hydroxyl groups excluding tert-OH is 1. The standard InChI is InChI=1S/C11H15Cl2NO3S/c1-3-11(2,7-15)14-18(16,17)10-8(12)5-4-6-9(10)13/h4-6,14-15H,3,7H2,1-2H3. The molecule has 1 aromatic rings. The third kappa shape index (κ3) is 3.36. The quantitative estimate of drug-likeness (QED) is 0.877. The van der Waals surface area contributed by atoms with E-state index in [2.05, 4.69) is 4.72 Å². The maximum absolute atomic E-state index is 12.2. The Bertz CT molecular complexity index is 507. The minimum Gasteiger partial charge on any atom is -0.394 e. The molecular weight excluding hydrogens is 297 g/mol. The number of aliphatic hydroxyl groups is 1. The van der Waals surface area contributed by atoms with Gasteiger partial charge in [-0.1, -0.05) is 36.2 Å². The van der Waals surface area contributed by atoms with Gasteiger partial charge in [0.25, 0.3) is 0 Å². The van der Waals surface area contributed by atoms with Crippen LogP contribution in [0.4, 0.5) is 0 Å². The van der Waals surface area contributed by atoms with Crippen LogP contribution in [-0.4, -0.2) is 25.7 Å². The molecule has 0 saturated heterocycles. The fraction of sp³-hybridized carbons (Fsp3) is 0.455. The molecular formula is C11H15Cl2NO3S. The van der Waals surface area contributed by atoms with Gasteiger partial charge in [-0.15, -0.1) is 0 Å². The van der Waals surface area contributed by atoms with Crippen molar-refractivity contribution in [1.82, 2.24) is 4.72 Å². The van der Waals surface area contributed by atoms with Crippen LogP contribution in [0.15, 0.2) is 23.1 Å². The molecule has 1 atom stereocenters. The van der Waals surface area contributed by atoms with E-state index < -0.39 is 15.6 Å². The van der Waals surface area contributed by atoms with Gasteiger partial charge in [0.05, 0.1) is 22.2 Å². The molecule has 0 heterocycles. The number of nitrogens with one attached hydrogen (secondary N) is 1. The van der Waals surface area contributed by atoms with Gasteiger partial charge in [0.1, 0.15) is 4.90 Å². The Balaban J connectivity index is 3.23. The van der Waals surface area contributed by atoms with Crippen LogP contribution in [0.2, 0.25) is 10.0 Å². The molecule has 0 radical (unpaired) electrons. The molecule has 0 spiro atoms. The monoisotopic (exact) mass is 311 g/mol. The third-order valence-corrected chi connectivity index (χ3v) is 5.29. The summed E-state index contributed by atoms with van der Waals surface area (Å²) in [7, 11) is -3.88. The summed E-state index contributed by atoms with van der Waals surface area (Å²) in [6.07, 6.45) is 0.435. The highest BCUT2D eigenvalue weighted by molar-refractivity contribution is 7.89. The summed E-state index contributed by atoms with van der Waals surface area (Å²) in [6.45, 7) is 3.06. The first-order chi connectivity index (χ1) is 8.25. The van der Waals surface area contributed by atoms with E-state index in [0.29, 0.717) is 6.42 Å². The lowest BCUT2D eigenvalue weighted by molar-refractivity contribution is 0.191. The second kappa shape index (κ2) is 5.75. The zero-order valence-corrected chi connectivity index (χ0v) is 12.4. The van der Waals surface area contributed by atoms with E-state index in [9.17, 15) is 13.5 Å². The minimum atomic E-state index is -3.88. The van der Waals surface area contributed by atoms with Gasteiger partial charge < -0.3 is 5.11 Å². The Kier molecular flexibility index (Phi) is 5.03. The fourth-order valence-corrected chi connectivity index (χ4v) is 3.95. The molecule has 0 aliphatic carbocycles. The van der Waals surface area contributed by atoms with E-state index in [1.165, 1.54) is 12.1 Å². The minimum absolute atomic E-state index is 0.0476. The van der Waals surface area contributed by atoms with Crippen LogP contribution in [0.1, 0.15) is 20.3 Å². The Morgan fingerprint density at radius 2 is 1.83 bits per heavy atom. The van der Waals surface area contributed by atoms with Crippen molar-refractivity contribution in [3.05, 3.63) is 28.2 Å².